The van der Waals surface area contributed by atoms with E-state index in [1.54, 1.807) is 12.3 Å². The predicted molar refractivity (Wildman–Crippen MR) is 116 cm³/mol. The average molecular weight is 426 g/mol. The third-order valence-electron chi connectivity index (χ3n) is 6.21. The van der Waals surface area contributed by atoms with Crippen LogP contribution in [-0.4, -0.2) is 73.1 Å². The second-order valence-electron chi connectivity index (χ2n) is 8.65. The van der Waals surface area contributed by atoms with E-state index in [1.807, 2.05) is 36.2 Å². The van der Waals surface area contributed by atoms with Gasteiger partial charge in [-0.2, -0.15) is 0 Å². The molecule has 2 saturated heterocycles. The Morgan fingerprint density at radius 2 is 1.90 bits per heavy atom. The second-order valence-corrected chi connectivity index (χ2v) is 8.65. The lowest BCUT2D eigenvalue weighted by Gasteiger charge is -2.48. The summed E-state index contributed by atoms with van der Waals surface area (Å²) in [6.45, 7) is 3.22. The van der Waals surface area contributed by atoms with Crippen LogP contribution in [0.4, 0.5) is 0 Å². The van der Waals surface area contributed by atoms with E-state index < -0.39 is 6.10 Å². The first-order valence-corrected chi connectivity index (χ1v) is 11.0. The zero-order valence-corrected chi connectivity index (χ0v) is 18.1. The topological polar surface area (TPSA) is 75.0 Å². The molecule has 3 heterocycles. The van der Waals surface area contributed by atoms with E-state index >= 15 is 0 Å². The molecule has 7 heteroatoms. The Kier molecular flexibility index (Phi) is 6.73. The number of morpholine rings is 1. The molecule has 166 valence electrons. The smallest absolute Gasteiger partial charge is 0.250 e. The molecule has 2 fully saturated rings. The molecule has 1 atom stereocenters. The number of likely N-dealkylation sites (N-methyl/N-ethyl adjacent to an activating group) is 1. The number of furan rings is 1. The van der Waals surface area contributed by atoms with Gasteiger partial charge in [-0.1, -0.05) is 30.3 Å². The molecule has 2 amide bonds. The van der Waals surface area contributed by atoms with Crippen molar-refractivity contribution in [3.63, 3.8) is 0 Å². The number of benzene rings is 1. The molecule has 7 nitrogen and oxygen atoms in total. The molecule has 1 aromatic heterocycles. The van der Waals surface area contributed by atoms with Crippen LogP contribution in [0.2, 0.25) is 0 Å². The van der Waals surface area contributed by atoms with Crippen LogP contribution in [0, 0.1) is 0 Å². The minimum absolute atomic E-state index is 0.0572. The molecule has 1 spiro atoms. The largest absolute Gasteiger partial charge is 0.469 e. The van der Waals surface area contributed by atoms with Gasteiger partial charge < -0.3 is 24.3 Å². The average Bonchev–Trinajstić information content (AvgIpc) is 3.27. The molecule has 0 radical (unpaired) electrons. The number of nitrogens with one attached hydrogen (secondary N) is 1. The van der Waals surface area contributed by atoms with Crippen molar-refractivity contribution < 1.29 is 18.7 Å². The third kappa shape index (κ3) is 5.54. The number of nitrogens with zero attached hydrogens (tertiary/aromatic N) is 2. The SMILES string of the molecule is CN1C[C@@H](C(=O)NCCc2ccccc2)OC2(CCN(C(=O)Cc3ccco3)CC2)C1. The Balaban J connectivity index is 1.28. The molecule has 0 unspecified atom stereocenters. The normalized spacial score (nSPS) is 21.2. The summed E-state index contributed by atoms with van der Waals surface area (Å²) in [6, 6.07) is 13.7. The monoisotopic (exact) mass is 425 g/mol. The van der Waals surface area contributed by atoms with Crippen molar-refractivity contribution in [3.05, 3.63) is 60.1 Å². The quantitative estimate of drug-likeness (QED) is 0.765. The molecule has 1 aromatic carbocycles. The number of likely N-dealkylation sites (tertiary alicyclic amines) is 1. The summed E-state index contributed by atoms with van der Waals surface area (Å²) in [5, 5.41) is 3.03. The lowest BCUT2D eigenvalue weighted by molar-refractivity contribution is -0.183. The standard InChI is InChI=1S/C24H31N3O4/c1-26-17-21(23(29)25-12-9-19-6-3-2-4-7-19)31-24(18-26)10-13-27(14-11-24)22(28)16-20-8-5-15-30-20/h2-8,15,21H,9-14,16-18H2,1H3,(H,25,29)/t21-/m0/s1. The molecule has 4 rings (SSSR count). The van der Waals surface area contributed by atoms with Crippen molar-refractivity contribution in [1.29, 1.82) is 0 Å². The maximum atomic E-state index is 12.8. The van der Waals surface area contributed by atoms with Crippen LogP contribution in [0.3, 0.4) is 0 Å². The van der Waals surface area contributed by atoms with Gasteiger partial charge in [0.25, 0.3) is 5.91 Å². The maximum Gasteiger partial charge on any atom is 0.250 e. The molecule has 31 heavy (non-hydrogen) atoms. The van der Waals surface area contributed by atoms with Gasteiger partial charge in [0.2, 0.25) is 5.91 Å². The van der Waals surface area contributed by atoms with Gasteiger partial charge in [-0.25, -0.2) is 0 Å². The minimum Gasteiger partial charge on any atom is -0.469 e. The van der Waals surface area contributed by atoms with E-state index in [0.29, 0.717) is 31.9 Å². The van der Waals surface area contributed by atoms with Gasteiger partial charge in [-0.3, -0.25) is 9.59 Å². The second kappa shape index (κ2) is 9.66. The van der Waals surface area contributed by atoms with E-state index in [4.69, 9.17) is 9.15 Å². The number of amides is 2. The summed E-state index contributed by atoms with van der Waals surface area (Å²) < 4.78 is 11.7. The molecule has 0 saturated carbocycles. The fraction of sp³-hybridized carbons (Fsp3) is 0.500. The molecule has 0 aliphatic carbocycles. The van der Waals surface area contributed by atoms with Crippen LogP contribution >= 0.6 is 0 Å². The van der Waals surface area contributed by atoms with Crippen LogP contribution < -0.4 is 5.32 Å². The van der Waals surface area contributed by atoms with Crippen LogP contribution in [0.1, 0.15) is 24.2 Å². The number of piperidine rings is 1. The summed E-state index contributed by atoms with van der Waals surface area (Å²) in [7, 11) is 2.03. The Morgan fingerprint density at radius 3 is 2.61 bits per heavy atom. The summed E-state index contributed by atoms with van der Waals surface area (Å²) in [5.41, 5.74) is 0.822. The van der Waals surface area contributed by atoms with Crippen molar-refractivity contribution in [3.8, 4) is 0 Å². The number of hydrogen-bond donors (Lipinski definition) is 1. The van der Waals surface area contributed by atoms with E-state index in [9.17, 15) is 9.59 Å². The lowest BCUT2D eigenvalue weighted by atomic mass is 9.88. The molecule has 0 bridgehead atoms. The Labute approximate surface area is 183 Å². The first-order valence-electron chi connectivity index (χ1n) is 11.0. The van der Waals surface area contributed by atoms with Crippen molar-refractivity contribution in [2.75, 3.05) is 39.8 Å². The van der Waals surface area contributed by atoms with Crippen LogP contribution in [0.25, 0.3) is 0 Å². The summed E-state index contributed by atoms with van der Waals surface area (Å²) in [4.78, 5) is 29.4. The van der Waals surface area contributed by atoms with Crippen molar-refractivity contribution in [1.82, 2.24) is 15.1 Å². The van der Waals surface area contributed by atoms with E-state index in [-0.39, 0.29) is 23.8 Å². The summed E-state index contributed by atoms with van der Waals surface area (Å²) in [6.07, 6.45) is 3.65. The number of carbonyl (C=O) groups excluding carboxylic acids is 2. The first-order chi connectivity index (χ1) is 15.0. The highest BCUT2D eigenvalue weighted by Gasteiger charge is 2.44. The highest BCUT2D eigenvalue weighted by atomic mass is 16.5. The van der Waals surface area contributed by atoms with Crippen molar-refractivity contribution >= 4 is 11.8 Å². The van der Waals surface area contributed by atoms with E-state index in [2.05, 4.69) is 22.3 Å². The van der Waals surface area contributed by atoms with Crippen molar-refractivity contribution in [2.24, 2.45) is 0 Å². The highest BCUT2D eigenvalue weighted by molar-refractivity contribution is 5.81. The maximum absolute atomic E-state index is 12.8. The van der Waals surface area contributed by atoms with Gasteiger partial charge in [0.05, 0.1) is 18.3 Å². The highest BCUT2D eigenvalue weighted by Crippen LogP contribution is 2.32. The number of rotatable bonds is 6. The van der Waals surface area contributed by atoms with Gasteiger partial charge in [0.1, 0.15) is 11.9 Å². The summed E-state index contributed by atoms with van der Waals surface area (Å²) >= 11 is 0. The van der Waals surface area contributed by atoms with Crippen LogP contribution in [0.15, 0.2) is 53.1 Å². The molecule has 1 N–H and O–H groups in total. The number of hydrogen-bond acceptors (Lipinski definition) is 5. The Hall–Kier alpha value is -2.64. The fourth-order valence-corrected chi connectivity index (χ4v) is 4.55. The van der Waals surface area contributed by atoms with Gasteiger partial charge in [-0.15, -0.1) is 0 Å². The zero-order chi connectivity index (χ0) is 21.7. The molecular weight excluding hydrogens is 394 g/mol. The zero-order valence-electron chi connectivity index (χ0n) is 18.1. The molecule has 2 aliphatic heterocycles. The Bertz CT molecular complexity index is 860. The molecule has 2 aliphatic rings. The van der Waals surface area contributed by atoms with Gasteiger partial charge in [-0.05, 0) is 44.0 Å². The van der Waals surface area contributed by atoms with Gasteiger partial charge in [0.15, 0.2) is 0 Å². The molecule has 2 aromatic rings. The molecular formula is C24H31N3O4. The summed E-state index contributed by atoms with van der Waals surface area (Å²) in [5.74, 6) is 0.702. The number of carbonyl (C=O) groups is 2. The number of ether oxygens (including phenoxy) is 1. The van der Waals surface area contributed by atoms with Gasteiger partial charge >= 0.3 is 0 Å². The van der Waals surface area contributed by atoms with Crippen molar-refractivity contribution in [2.45, 2.75) is 37.4 Å². The van der Waals surface area contributed by atoms with Crippen LogP contribution in [0.5, 0.6) is 0 Å². The van der Waals surface area contributed by atoms with E-state index in [1.165, 1.54) is 5.56 Å². The predicted octanol–water partition coefficient (Wildman–Crippen LogP) is 1.87. The lowest BCUT2D eigenvalue weighted by Crippen LogP contribution is -2.62. The Morgan fingerprint density at radius 1 is 1.13 bits per heavy atom. The minimum atomic E-state index is -0.486. The van der Waals surface area contributed by atoms with Gasteiger partial charge in [0, 0.05) is 32.7 Å². The third-order valence-corrected chi connectivity index (χ3v) is 6.21. The first kappa shape index (κ1) is 21.6. The fourth-order valence-electron chi connectivity index (χ4n) is 4.55. The van der Waals surface area contributed by atoms with Crippen LogP contribution in [-0.2, 0) is 27.2 Å². The van der Waals surface area contributed by atoms with E-state index in [0.717, 1.165) is 25.8 Å².